The van der Waals surface area contributed by atoms with E-state index in [1.807, 2.05) is 4.90 Å². The lowest BCUT2D eigenvalue weighted by atomic mass is 9.80. The van der Waals surface area contributed by atoms with Crippen LogP contribution in [-0.2, 0) is 19.7 Å². The van der Waals surface area contributed by atoms with E-state index >= 15 is 0 Å². The van der Waals surface area contributed by atoms with E-state index in [1.54, 1.807) is 30.3 Å². The van der Waals surface area contributed by atoms with Crippen LogP contribution in [0.4, 0.5) is 8.78 Å². The van der Waals surface area contributed by atoms with Gasteiger partial charge in [-0.15, -0.1) is 0 Å². The Hall–Kier alpha value is -1.91. The largest absolute Gasteiger partial charge is 0.822 e. The molecule has 1 saturated carbocycles. The number of esters is 1. The standard InChI is InChI=1S/C21H28F2N2O3.H3O4P/c22-20(23)10-6-18(14-20)21(27,17-4-2-1-3-5-17)19(26)28-13-9-16-7-11-25(15-24)12-8-16;1-5(2,3)4/h1-5,15-16,18,24,27H,6-14H2;(H3,1,2,3,4)/p-3. The fraction of sp³-hybridized carbons (Fsp3) is 0.619. The predicted molar refractivity (Wildman–Crippen MR) is 109 cm³/mol. The lowest BCUT2D eigenvalue weighted by molar-refractivity contribution is -0.432. The Labute approximate surface area is 191 Å². The second-order valence-electron chi connectivity index (χ2n) is 8.41. The van der Waals surface area contributed by atoms with Crippen molar-refractivity contribution in [3.8, 4) is 0 Å². The zero-order chi connectivity index (χ0) is 24.7. The second-order valence-corrected chi connectivity index (χ2v) is 9.30. The summed E-state index contributed by atoms with van der Waals surface area (Å²) in [5.74, 6) is -4.17. The van der Waals surface area contributed by atoms with E-state index in [4.69, 9.17) is 29.4 Å². The van der Waals surface area contributed by atoms with Crippen molar-refractivity contribution >= 4 is 20.1 Å². The van der Waals surface area contributed by atoms with Crippen molar-refractivity contribution in [2.75, 3.05) is 19.7 Å². The summed E-state index contributed by atoms with van der Waals surface area (Å²) in [4.78, 5) is 40.4. The molecule has 2 unspecified atom stereocenters. The molecule has 0 spiro atoms. The number of carbonyl (C=O) groups excluding carboxylic acids is 1. The van der Waals surface area contributed by atoms with E-state index < -0.39 is 37.7 Å². The molecule has 0 bridgehead atoms. The molecular weight excluding hydrogens is 461 g/mol. The number of likely N-dealkylation sites (tertiary alicyclic amines) is 1. The molecule has 12 heteroatoms. The van der Waals surface area contributed by atoms with Gasteiger partial charge >= 0.3 is 5.97 Å². The summed E-state index contributed by atoms with van der Waals surface area (Å²) in [7, 11) is -5.39. The molecule has 9 nitrogen and oxygen atoms in total. The van der Waals surface area contributed by atoms with Gasteiger partial charge in [-0.05, 0) is 37.2 Å². The summed E-state index contributed by atoms with van der Waals surface area (Å²) in [6.45, 7) is 1.78. The van der Waals surface area contributed by atoms with Gasteiger partial charge in [-0.25, -0.2) is 13.6 Å². The number of benzene rings is 1. The molecule has 1 heterocycles. The maximum atomic E-state index is 13.8. The van der Waals surface area contributed by atoms with E-state index in [9.17, 15) is 18.7 Å². The molecule has 1 aromatic rings. The van der Waals surface area contributed by atoms with Crippen LogP contribution in [-0.4, -0.2) is 47.9 Å². The van der Waals surface area contributed by atoms with Gasteiger partial charge in [-0.3, -0.25) is 5.41 Å². The fourth-order valence-electron chi connectivity index (χ4n) is 4.32. The maximum Gasteiger partial charge on any atom is 0.343 e. The van der Waals surface area contributed by atoms with Gasteiger partial charge in [0.2, 0.25) is 5.92 Å². The number of piperidine rings is 1. The minimum absolute atomic E-state index is 0.0789. The van der Waals surface area contributed by atoms with Crippen LogP contribution in [0.5, 0.6) is 0 Å². The van der Waals surface area contributed by atoms with Gasteiger partial charge in [0.25, 0.3) is 0 Å². The van der Waals surface area contributed by atoms with Crippen molar-refractivity contribution in [3.05, 3.63) is 35.9 Å². The van der Waals surface area contributed by atoms with Crippen LogP contribution < -0.4 is 14.7 Å². The van der Waals surface area contributed by atoms with Crippen molar-refractivity contribution in [1.82, 2.24) is 4.90 Å². The number of halogens is 2. The molecule has 0 radical (unpaired) electrons. The number of hydrogen-bond donors (Lipinski definition) is 2. The Bertz CT molecular complexity index is 823. The Kier molecular flexibility index (Phi) is 9.51. The van der Waals surface area contributed by atoms with E-state index in [-0.39, 0.29) is 19.4 Å². The Balaban J connectivity index is 0.000000696. The number of nitrogens with zero attached hydrogens (tertiary/aromatic N) is 1. The zero-order valence-electron chi connectivity index (χ0n) is 18.0. The average Bonchev–Trinajstić information content (AvgIpc) is 3.13. The number of nitrogens with one attached hydrogen (secondary N) is 1. The molecular formula is C21H28F2N2O7P-3. The quantitative estimate of drug-likeness (QED) is 0.245. The highest BCUT2D eigenvalue weighted by atomic mass is 31.2. The zero-order valence-corrected chi connectivity index (χ0v) is 18.9. The number of alkyl halides is 2. The van der Waals surface area contributed by atoms with E-state index in [0.717, 1.165) is 25.9 Å². The van der Waals surface area contributed by atoms with Gasteiger partial charge in [-0.2, -0.15) is 7.82 Å². The molecule has 1 saturated heterocycles. The second kappa shape index (κ2) is 11.5. The van der Waals surface area contributed by atoms with Crippen molar-refractivity contribution < 1.29 is 42.7 Å². The SMILES string of the molecule is N=CN1CCC(CCOC(=O)C(O)(c2ccccc2)C2CCC(F)(F)C2)CC1.O=P([O-])([O-])[O-]. The lowest BCUT2D eigenvalue weighted by Gasteiger charge is -2.36. The van der Waals surface area contributed by atoms with Gasteiger partial charge in [0, 0.05) is 31.8 Å². The number of aliphatic hydroxyl groups is 1. The van der Waals surface area contributed by atoms with Crippen molar-refractivity contribution in [2.45, 2.75) is 50.0 Å². The lowest BCUT2D eigenvalue weighted by Crippen LogP contribution is -2.44. The third-order valence-electron chi connectivity index (χ3n) is 6.11. The van der Waals surface area contributed by atoms with Crippen molar-refractivity contribution in [2.24, 2.45) is 11.8 Å². The van der Waals surface area contributed by atoms with Crippen LogP contribution in [0.1, 0.15) is 44.1 Å². The third-order valence-corrected chi connectivity index (χ3v) is 6.11. The third kappa shape index (κ3) is 8.42. The monoisotopic (exact) mass is 489 g/mol. The number of rotatable bonds is 7. The Morgan fingerprint density at radius 2 is 1.82 bits per heavy atom. The highest BCUT2D eigenvalue weighted by molar-refractivity contribution is 7.40. The molecule has 2 N–H and O–H groups in total. The molecule has 2 atom stereocenters. The van der Waals surface area contributed by atoms with Gasteiger partial charge in [0.15, 0.2) is 5.60 Å². The first-order valence-corrected chi connectivity index (χ1v) is 12.1. The molecule has 1 aromatic carbocycles. The smallest absolute Gasteiger partial charge is 0.343 e. The first-order valence-electron chi connectivity index (χ1n) is 10.7. The normalized spacial score (nSPS) is 22.6. The molecule has 0 aromatic heterocycles. The van der Waals surface area contributed by atoms with Crippen LogP contribution in [0.25, 0.3) is 0 Å². The van der Waals surface area contributed by atoms with Crippen LogP contribution in [0.2, 0.25) is 0 Å². The van der Waals surface area contributed by atoms with E-state index in [1.165, 1.54) is 6.34 Å². The average molecular weight is 489 g/mol. The number of ether oxygens (including phenoxy) is 1. The minimum Gasteiger partial charge on any atom is -0.822 e. The first-order chi connectivity index (χ1) is 15.3. The number of carbonyl (C=O) groups is 1. The van der Waals surface area contributed by atoms with Gasteiger partial charge in [-0.1, -0.05) is 30.3 Å². The summed E-state index contributed by atoms with van der Waals surface area (Å²) in [5, 5.41) is 18.5. The predicted octanol–water partition coefficient (Wildman–Crippen LogP) is 0.737. The summed E-state index contributed by atoms with van der Waals surface area (Å²) in [6, 6.07) is 8.28. The molecule has 2 aliphatic rings. The summed E-state index contributed by atoms with van der Waals surface area (Å²) < 4.78 is 41.5. The van der Waals surface area contributed by atoms with Crippen molar-refractivity contribution in [3.63, 3.8) is 0 Å². The van der Waals surface area contributed by atoms with Crippen LogP contribution in [0, 0.1) is 17.2 Å². The number of phosphoric acid groups is 1. The van der Waals surface area contributed by atoms with Gasteiger partial charge in [0.05, 0.1) is 12.9 Å². The Morgan fingerprint density at radius 3 is 2.30 bits per heavy atom. The van der Waals surface area contributed by atoms with E-state index in [0.29, 0.717) is 17.9 Å². The minimum atomic E-state index is -5.39. The van der Waals surface area contributed by atoms with Crippen LogP contribution in [0.3, 0.4) is 0 Å². The molecule has 33 heavy (non-hydrogen) atoms. The highest BCUT2D eigenvalue weighted by Crippen LogP contribution is 2.47. The highest BCUT2D eigenvalue weighted by Gasteiger charge is 2.54. The Morgan fingerprint density at radius 1 is 1.24 bits per heavy atom. The van der Waals surface area contributed by atoms with Gasteiger partial charge < -0.3 is 34.0 Å². The molecule has 1 aliphatic carbocycles. The van der Waals surface area contributed by atoms with Gasteiger partial charge in [0.1, 0.15) is 0 Å². The summed E-state index contributed by atoms with van der Waals surface area (Å²) >= 11 is 0. The topological polar surface area (TPSA) is 160 Å². The molecule has 186 valence electrons. The molecule has 2 fully saturated rings. The van der Waals surface area contributed by atoms with Crippen LogP contribution in [0.15, 0.2) is 30.3 Å². The van der Waals surface area contributed by atoms with Crippen molar-refractivity contribution in [1.29, 1.82) is 5.41 Å². The fourth-order valence-corrected chi connectivity index (χ4v) is 4.32. The van der Waals surface area contributed by atoms with Crippen LogP contribution >= 0.6 is 7.82 Å². The van der Waals surface area contributed by atoms with E-state index in [2.05, 4.69) is 0 Å². The molecule has 3 rings (SSSR count). The molecule has 1 aliphatic heterocycles. The first kappa shape index (κ1) is 27.3. The summed E-state index contributed by atoms with van der Waals surface area (Å²) in [6.07, 6.45) is 3.09. The maximum absolute atomic E-state index is 13.8. The molecule has 0 amide bonds. The number of hydrogen-bond acceptors (Lipinski definition) is 8. The summed E-state index contributed by atoms with van der Waals surface area (Å²) in [5.41, 5.74) is -1.74.